The van der Waals surface area contributed by atoms with E-state index in [1.807, 2.05) is 0 Å². The number of rotatable bonds is 6. The molecule has 1 aliphatic heterocycles. The number of hydrogen-bond acceptors (Lipinski definition) is 9. The minimum atomic E-state index is -2.11. The molecule has 1 saturated heterocycles. The van der Waals surface area contributed by atoms with E-state index in [0.29, 0.717) is 37.1 Å². The second-order valence-electron chi connectivity index (χ2n) is 8.79. The summed E-state index contributed by atoms with van der Waals surface area (Å²) >= 11 is 0. The maximum atomic E-state index is 11.1. The zero-order valence-corrected chi connectivity index (χ0v) is 18.7. The molecule has 180 valence electrons. The highest BCUT2D eigenvalue weighted by Crippen LogP contribution is 2.56. The topological polar surface area (TPSA) is 143 Å². The van der Waals surface area contributed by atoms with Crippen LogP contribution in [0, 0.1) is 11.8 Å². The summed E-state index contributed by atoms with van der Waals surface area (Å²) in [6, 6.07) is 8.57. The molecule has 1 heterocycles. The van der Waals surface area contributed by atoms with Crippen molar-refractivity contribution in [2.45, 2.75) is 37.4 Å². The lowest BCUT2D eigenvalue weighted by Crippen LogP contribution is -2.51. The standard InChI is InChI=1S/C24H31NO8/c1-32-22-20(28)15-12-16(19(27)17(15)21(29)23(22)33-2)18(26)13-8-10-25(11-9-13)24(30,31)14-6-4-3-5-7-14/h3-7,13,16,18-19,26-31H,8-12H2,1-2H3. The van der Waals surface area contributed by atoms with Crippen molar-refractivity contribution in [3.8, 4) is 23.0 Å². The maximum absolute atomic E-state index is 11.1. The van der Waals surface area contributed by atoms with E-state index in [1.165, 1.54) is 14.2 Å². The van der Waals surface area contributed by atoms with Crippen LogP contribution >= 0.6 is 0 Å². The number of hydrogen-bond donors (Lipinski definition) is 6. The van der Waals surface area contributed by atoms with Crippen LogP contribution in [0.3, 0.4) is 0 Å². The van der Waals surface area contributed by atoms with E-state index in [1.54, 1.807) is 35.2 Å². The first-order valence-corrected chi connectivity index (χ1v) is 11.0. The van der Waals surface area contributed by atoms with Crippen LogP contribution in [0.2, 0.25) is 0 Å². The van der Waals surface area contributed by atoms with Gasteiger partial charge in [-0.05, 0) is 25.2 Å². The third-order valence-electron chi connectivity index (χ3n) is 7.12. The molecule has 4 rings (SSSR count). The Bertz CT molecular complexity index is 988. The van der Waals surface area contributed by atoms with Gasteiger partial charge in [0.05, 0.1) is 26.4 Å². The van der Waals surface area contributed by atoms with Crippen molar-refractivity contribution >= 4 is 0 Å². The Balaban J connectivity index is 1.49. The minimum Gasteiger partial charge on any atom is -0.504 e. The highest BCUT2D eigenvalue weighted by Gasteiger charge is 2.46. The molecule has 0 aromatic heterocycles. The summed E-state index contributed by atoms with van der Waals surface area (Å²) < 4.78 is 10.3. The van der Waals surface area contributed by atoms with Gasteiger partial charge in [-0.25, -0.2) is 4.90 Å². The fourth-order valence-corrected chi connectivity index (χ4v) is 5.26. The third kappa shape index (κ3) is 3.89. The summed E-state index contributed by atoms with van der Waals surface area (Å²) in [5, 5.41) is 64.7. The Labute approximate surface area is 192 Å². The summed E-state index contributed by atoms with van der Waals surface area (Å²) in [4.78, 5) is 1.55. The number of methoxy groups -OCH3 is 2. The van der Waals surface area contributed by atoms with Crippen LogP contribution in [0.15, 0.2) is 30.3 Å². The third-order valence-corrected chi connectivity index (χ3v) is 7.12. The van der Waals surface area contributed by atoms with Gasteiger partial charge >= 0.3 is 0 Å². The smallest absolute Gasteiger partial charge is 0.253 e. The lowest BCUT2D eigenvalue weighted by molar-refractivity contribution is -0.282. The molecule has 2 aromatic rings. The quantitative estimate of drug-likeness (QED) is 0.276. The van der Waals surface area contributed by atoms with E-state index in [-0.39, 0.29) is 40.9 Å². The molecule has 3 unspecified atom stereocenters. The van der Waals surface area contributed by atoms with Crippen molar-refractivity contribution in [1.29, 1.82) is 0 Å². The van der Waals surface area contributed by atoms with Gasteiger partial charge in [-0.3, -0.25) is 0 Å². The summed E-state index contributed by atoms with van der Waals surface area (Å²) in [5.74, 6) is -3.58. The maximum Gasteiger partial charge on any atom is 0.253 e. The number of likely N-dealkylation sites (tertiary alicyclic amines) is 1. The molecule has 0 radical (unpaired) electrons. The highest BCUT2D eigenvalue weighted by molar-refractivity contribution is 5.68. The average molecular weight is 462 g/mol. The van der Waals surface area contributed by atoms with Crippen molar-refractivity contribution < 1.29 is 40.1 Å². The lowest BCUT2D eigenvalue weighted by Gasteiger charge is -2.42. The molecule has 2 aromatic carbocycles. The molecule has 3 atom stereocenters. The first-order valence-electron chi connectivity index (χ1n) is 11.0. The lowest BCUT2D eigenvalue weighted by atomic mass is 9.81. The number of aliphatic hydroxyl groups is 4. The molecule has 1 aliphatic carbocycles. The van der Waals surface area contributed by atoms with Gasteiger partial charge in [0.15, 0.2) is 11.5 Å². The van der Waals surface area contributed by atoms with Crippen molar-refractivity contribution in [2.75, 3.05) is 27.3 Å². The Morgan fingerprint density at radius 1 is 0.970 bits per heavy atom. The molecule has 6 N–H and O–H groups in total. The summed E-state index contributed by atoms with van der Waals surface area (Å²) in [5.41, 5.74) is 0.841. The van der Waals surface area contributed by atoms with Crippen LogP contribution in [0.4, 0.5) is 0 Å². The van der Waals surface area contributed by atoms with Crippen LogP contribution in [0.25, 0.3) is 0 Å². The van der Waals surface area contributed by atoms with Crippen molar-refractivity contribution in [1.82, 2.24) is 4.90 Å². The first kappa shape index (κ1) is 23.6. The van der Waals surface area contributed by atoms with E-state index in [2.05, 4.69) is 0 Å². The van der Waals surface area contributed by atoms with Gasteiger partial charge in [0.25, 0.3) is 5.91 Å². The summed E-state index contributed by atoms with van der Waals surface area (Å²) in [7, 11) is 2.66. The van der Waals surface area contributed by atoms with Gasteiger partial charge in [-0.2, -0.15) is 0 Å². The fourth-order valence-electron chi connectivity index (χ4n) is 5.26. The van der Waals surface area contributed by atoms with E-state index in [0.717, 1.165) is 0 Å². The van der Waals surface area contributed by atoms with Crippen molar-refractivity contribution in [3.63, 3.8) is 0 Å². The Hall–Kier alpha value is -2.56. The largest absolute Gasteiger partial charge is 0.504 e. The monoisotopic (exact) mass is 461 g/mol. The van der Waals surface area contributed by atoms with Gasteiger partial charge in [0.2, 0.25) is 11.5 Å². The number of benzene rings is 2. The second kappa shape index (κ2) is 9.00. The van der Waals surface area contributed by atoms with E-state index in [9.17, 15) is 30.6 Å². The number of nitrogens with zero attached hydrogens (tertiary/aromatic N) is 1. The minimum absolute atomic E-state index is 0.0208. The number of piperidine rings is 1. The number of phenols is 2. The van der Waals surface area contributed by atoms with Crippen LogP contribution in [0.1, 0.15) is 35.6 Å². The van der Waals surface area contributed by atoms with Crippen LogP contribution in [0.5, 0.6) is 23.0 Å². The van der Waals surface area contributed by atoms with Crippen LogP contribution in [-0.4, -0.2) is 69.0 Å². The molecule has 9 heteroatoms. The molecule has 0 bridgehead atoms. The predicted octanol–water partition coefficient (Wildman–Crippen LogP) is 1.19. The molecule has 33 heavy (non-hydrogen) atoms. The first-order chi connectivity index (χ1) is 15.7. The van der Waals surface area contributed by atoms with Crippen molar-refractivity contribution in [2.24, 2.45) is 11.8 Å². The van der Waals surface area contributed by atoms with Gasteiger partial charge in [-0.1, -0.05) is 30.3 Å². The van der Waals surface area contributed by atoms with Gasteiger partial charge in [0.1, 0.15) is 0 Å². The molecular formula is C24H31NO8. The summed E-state index contributed by atoms with van der Waals surface area (Å²) in [6.07, 6.45) is -0.986. The van der Waals surface area contributed by atoms with E-state index < -0.39 is 24.0 Å². The normalized spacial score (nSPS) is 22.7. The number of ether oxygens (including phenoxy) is 2. The zero-order chi connectivity index (χ0) is 23.9. The number of aliphatic hydroxyl groups excluding tert-OH is 2. The molecular weight excluding hydrogens is 430 g/mol. The average Bonchev–Trinajstić information content (AvgIpc) is 3.19. The van der Waals surface area contributed by atoms with Gasteiger partial charge < -0.3 is 40.1 Å². The number of aromatic hydroxyl groups is 2. The zero-order valence-electron chi connectivity index (χ0n) is 18.7. The number of phenolic OH excluding ortho intramolecular Hbond substituents is 2. The molecule has 9 nitrogen and oxygen atoms in total. The SMILES string of the molecule is COc1c(O)c2c(c(O)c1OC)C(O)C(C(O)C1CCN(C(O)(O)c3ccccc3)CC1)C2. The Morgan fingerprint density at radius 3 is 2.12 bits per heavy atom. The van der Waals surface area contributed by atoms with E-state index >= 15 is 0 Å². The van der Waals surface area contributed by atoms with Gasteiger partial charge in [-0.15, -0.1) is 0 Å². The highest BCUT2D eigenvalue weighted by atomic mass is 16.5. The van der Waals surface area contributed by atoms with Crippen molar-refractivity contribution in [3.05, 3.63) is 47.0 Å². The van der Waals surface area contributed by atoms with Crippen LogP contribution in [-0.2, 0) is 12.3 Å². The molecule has 0 amide bonds. The molecule has 0 spiro atoms. The van der Waals surface area contributed by atoms with E-state index in [4.69, 9.17) is 9.47 Å². The second-order valence-corrected chi connectivity index (χ2v) is 8.79. The molecule has 2 aliphatic rings. The Morgan fingerprint density at radius 2 is 1.55 bits per heavy atom. The summed E-state index contributed by atoms with van der Waals surface area (Å²) in [6.45, 7) is 0.690. The van der Waals surface area contributed by atoms with Gasteiger partial charge in [0, 0.05) is 35.7 Å². The fraction of sp³-hybridized carbons (Fsp3) is 0.500. The molecule has 1 fully saturated rings. The Kier molecular flexibility index (Phi) is 6.43. The molecule has 0 saturated carbocycles. The van der Waals surface area contributed by atoms with Crippen LogP contribution < -0.4 is 9.47 Å². The number of fused-ring (bicyclic) bond motifs is 1. The predicted molar refractivity (Wildman–Crippen MR) is 118 cm³/mol.